The number of phosphoric acid groups is 2. The summed E-state index contributed by atoms with van der Waals surface area (Å²) in [5.74, 6) is -0.981. The largest absolute Gasteiger partial charge is 2.00 e. The van der Waals surface area contributed by atoms with Gasteiger partial charge in [-0.05, 0) is 0 Å². The van der Waals surface area contributed by atoms with E-state index in [0.717, 1.165) is 6.08 Å². The van der Waals surface area contributed by atoms with E-state index in [0.29, 0.717) is 0 Å². The fraction of sp³-hybridized carbons (Fsp3) is 0. The Kier molecular flexibility index (Phi) is 37.1. The Morgan fingerprint density at radius 1 is 0.889 bits per heavy atom. The molecule has 0 aromatic rings. The maximum Gasteiger partial charge on any atom is 2.00 e. The van der Waals surface area contributed by atoms with Crippen molar-refractivity contribution in [2.24, 2.45) is 0 Å². The molecule has 10 nitrogen and oxygen atoms in total. The van der Waals surface area contributed by atoms with Crippen molar-refractivity contribution in [2.45, 2.75) is 0 Å². The molecule has 0 saturated heterocycles. The van der Waals surface area contributed by atoms with Gasteiger partial charge in [-0.15, -0.1) is 0 Å². The van der Waals surface area contributed by atoms with Crippen LogP contribution in [0.2, 0.25) is 0 Å². The van der Waals surface area contributed by atoms with E-state index in [1.54, 1.807) is 0 Å². The van der Waals surface area contributed by atoms with Crippen LogP contribution < -0.4 is 29.4 Å². The molecule has 0 heterocycles. The predicted molar refractivity (Wildman–Crippen MR) is 33.0 cm³/mol. The Balaban J connectivity index is -0.0000000277. The van der Waals surface area contributed by atoms with Gasteiger partial charge in [0, 0.05) is 6.08 Å². The van der Waals surface area contributed by atoms with Crippen LogP contribution in [-0.4, -0.2) is 11.1 Å². The fourth-order valence-corrected chi connectivity index (χ4v) is 0. The molecule has 18 heavy (non-hydrogen) atoms. The molecule has 15 heteroatoms. The molecule has 0 spiro atoms. The molecule has 0 radical (unpaired) electrons. The Morgan fingerprint density at radius 3 is 0.944 bits per heavy atom. The summed E-state index contributed by atoms with van der Waals surface area (Å²) in [6, 6.07) is 0. The second kappa shape index (κ2) is 18.3. The van der Waals surface area contributed by atoms with Crippen LogP contribution in [0.3, 0.4) is 0 Å². The van der Waals surface area contributed by atoms with Crippen molar-refractivity contribution in [1.29, 1.82) is 0 Å². The van der Waals surface area contributed by atoms with Gasteiger partial charge in [-0.1, -0.05) is 6.58 Å². The topological polar surface area (TPSA) is 210 Å². The van der Waals surface area contributed by atoms with Crippen molar-refractivity contribution in [3.63, 3.8) is 0 Å². The molecule has 0 aliphatic heterocycles. The average Bonchev–Trinajstić information content (AvgIpc) is 1.79. The van der Waals surface area contributed by atoms with Crippen molar-refractivity contribution in [2.75, 3.05) is 0 Å². The summed E-state index contributed by atoms with van der Waals surface area (Å²) in [5, 5.41) is 7.60. The van der Waals surface area contributed by atoms with Gasteiger partial charge in [0.2, 0.25) is 0 Å². The maximum absolute atomic E-state index is 9.25. The third-order valence-corrected chi connectivity index (χ3v) is 0.175. The van der Waals surface area contributed by atoms with Crippen molar-refractivity contribution in [3.8, 4) is 0 Å². The van der Waals surface area contributed by atoms with Gasteiger partial charge in [0.1, 0.15) is 0 Å². The quantitative estimate of drug-likeness (QED) is 0.224. The Hall–Kier alpha value is 1.30. The summed E-state index contributed by atoms with van der Waals surface area (Å²) in [5.41, 5.74) is 0. The SMILES string of the molecule is C=CC(=O)O.O=P([O-])([O-])[O-].O=P([O-])([O-])[O-].[Zn+2].[Zn+2].[Zn+2]. The van der Waals surface area contributed by atoms with Gasteiger partial charge in [0.25, 0.3) is 0 Å². The zero-order chi connectivity index (χ0) is 13.3. The third kappa shape index (κ3) is 422. The molecule has 0 aromatic carbocycles. The van der Waals surface area contributed by atoms with E-state index in [4.69, 9.17) is 43.6 Å². The molecule has 0 amide bonds. The zero-order valence-corrected chi connectivity index (χ0v) is 19.6. The number of hydrogen-bond donors (Lipinski definition) is 1. The van der Waals surface area contributed by atoms with E-state index in [2.05, 4.69) is 6.58 Å². The molecule has 0 bridgehead atoms. The molecule has 1 N–H and O–H groups in total. The minimum Gasteiger partial charge on any atom is -0.822 e. The standard InChI is InChI=1S/C3H4O2.2H3O4P.3Zn/c1-2-3(4)5;2*1-5(2,3)4;;;/h2H,1H2,(H,4,5);2*(H3,1,2,3,4);;;/q;;;3*+2/p-6. The van der Waals surface area contributed by atoms with Gasteiger partial charge in [-0.25, -0.2) is 4.79 Å². The summed E-state index contributed by atoms with van der Waals surface area (Å²) < 4.78 is 17.1. The number of rotatable bonds is 1. The van der Waals surface area contributed by atoms with E-state index in [9.17, 15) is 4.79 Å². The normalized spacial score (nSPS) is 8.33. The molecule has 0 rings (SSSR count). The predicted octanol–water partition coefficient (Wildman–Crippen LogP) is -5.40. The van der Waals surface area contributed by atoms with Crippen LogP contribution in [0, 0.1) is 0 Å². The summed E-state index contributed by atoms with van der Waals surface area (Å²) >= 11 is 0. The molecule has 0 atom stereocenters. The summed E-state index contributed by atoms with van der Waals surface area (Å²) in [7, 11) is -10.8. The number of hydrogen-bond acceptors (Lipinski definition) is 9. The van der Waals surface area contributed by atoms with Crippen LogP contribution in [0.15, 0.2) is 12.7 Å². The van der Waals surface area contributed by atoms with Crippen molar-refractivity contribution >= 4 is 21.6 Å². The van der Waals surface area contributed by atoms with Crippen LogP contribution in [0.5, 0.6) is 0 Å². The Labute approximate surface area is 140 Å². The fourth-order valence-electron chi connectivity index (χ4n) is 0. The molecular formula is C3H4O10P2Zn3. The number of carbonyl (C=O) groups is 1. The first-order valence-corrected chi connectivity index (χ1v) is 5.51. The van der Waals surface area contributed by atoms with Crippen LogP contribution in [0.1, 0.15) is 0 Å². The minimum absolute atomic E-state index is 0. The maximum atomic E-state index is 9.25. The van der Waals surface area contributed by atoms with E-state index >= 15 is 0 Å². The molecule has 0 unspecified atom stereocenters. The van der Waals surface area contributed by atoms with Crippen LogP contribution in [0.4, 0.5) is 0 Å². The van der Waals surface area contributed by atoms with Crippen LogP contribution in [-0.2, 0) is 72.4 Å². The van der Waals surface area contributed by atoms with Gasteiger partial charge in [0.15, 0.2) is 0 Å². The van der Waals surface area contributed by atoms with Crippen LogP contribution >= 0.6 is 15.6 Å². The second-order valence-corrected chi connectivity index (χ2v) is 3.23. The van der Waals surface area contributed by atoms with Crippen molar-refractivity contribution < 1.29 is 107 Å². The van der Waals surface area contributed by atoms with E-state index in [1.165, 1.54) is 0 Å². The van der Waals surface area contributed by atoms with Gasteiger partial charge in [-0.3, -0.25) is 0 Å². The second-order valence-electron chi connectivity index (χ2n) is 1.44. The average molecular weight is 458 g/mol. The first kappa shape index (κ1) is 36.5. The first-order chi connectivity index (χ1) is 6.27. The molecule has 0 fully saturated rings. The van der Waals surface area contributed by atoms with E-state index < -0.39 is 21.6 Å². The summed E-state index contributed by atoms with van der Waals surface area (Å²) in [6.45, 7) is 2.96. The van der Waals surface area contributed by atoms with Gasteiger partial charge < -0.3 is 43.6 Å². The summed E-state index contributed by atoms with van der Waals surface area (Å²) in [4.78, 5) is 60.5. The molecule has 0 aliphatic rings. The third-order valence-electron chi connectivity index (χ3n) is 0.175. The molecule has 0 aromatic heterocycles. The summed E-state index contributed by atoms with van der Waals surface area (Å²) in [6.07, 6.45) is 0.833. The molecule has 0 aliphatic carbocycles. The van der Waals surface area contributed by atoms with Gasteiger partial charge in [0.05, 0.1) is 0 Å². The number of aliphatic carboxylic acids is 1. The zero-order valence-electron chi connectivity index (χ0n) is 8.92. The number of carboxylic acids is 1. The van der Waals surface area contributed by atoms with Gasteiger partial charge >= 0.3 is 64.4 Å². The van der Waals surface area contributed by atoms with E-state index in [1.807, 2.05) is 0 Å². The van der Waals surface area contributed by atoms with Crippen molar-refractivity contribution in [1.82, 2.24) is 0 Å². The van der Waals surface area contributed by atoms with Crippen molar-refractivity contribution in [3.05, 3.63) is 12.7 Å². The van der Waals surface area contributed by atoms with Gasteiger partial charge in [-0.2, -0.15) is 15.6 Å². The minimum atomic E-state index is -5.39. The monoisotopic (exact) mass is 454 g/mol. The molecular weight excluding hydrogens is 454 g/mol. The first-order valence-electron chi connectivity index (χ1n) is 2.59. The Bertz CT molecular complexity index is 246. The Morgan fingerprint density at radius 2 is 0.944 bits per heavy atom. The van der Waals surface area contributed by atoms with E-state index in [-0.39, 0.29) is 58.4 Å². The molecule has 0 saturated carbocycles. The molecule has 92 valence electrons. The van der Waals surface area contributed by atoms with Crippen LogP contribution in [0.25, 0.3) is 0 Å². The smallest absolute Gasteiger partial charge is 0.822 e. The number of carboxylic acid groups (broad SMARTS) is 1.